The predicted octanol–water partition coefficient (Wildman–Crippen LogP) is 1.81. The number of ether oxygens (including phenoxy) is 1. The Morgan fingerprint density at radius 3 is 2.92 bits per heavy atom. The summed E-state index contributed by atoms with van der Waals surface area (Å²) in [7, 11) is 1.18. The number of aromatic nitrogens is 1. The average molecular weight is 247 g/mol. The molecule has 0 bridgehead atoms. The van der Waals surface area contributed by atoms with Gasteiger partial charge in [-0.15, -0.1) is 0 Å². The van der Waals surface area contributed by atoms with Crippen LogP contribution in [0.25, 0.3) is 0 Å². The van der Waals surface area contributed by atoms with Gasteiger partial charge in [-0.3, -0.25) is 10.2 Å². The average Bonchev–Trinajstić information content (AvgIpc) is 2.15. The number of methoxy groups -OCH3 is 1. The van der Waals surface area contributed by atoms with Gasteiger partial charge in [0.2, 0.25) is 0 Å². The van der Waals surface area contributed by atoms with E-state index in [1.807, 2.05) is 0 Å². The maximum Gasteiger partial charge on any atom is 0.438 e. The summed E-state index contributed by atoms with van der Waals surface area (Å²) < 4.78 is 4.96. The van der Waals surface area contributed by atoms with Crippen LogP contribution in [-0.4, -0.2) is 23.4 Å². The minimum Gasteiger partial charge on any atom is -0.451 e. The molecular weight excluding hydrogens is 240 g/mol. The van der Waals surface area contributed by atoms with E-state index in [0.29, 0.717) is 9.54 Å². The van der Waals surface area contributed by atoms with E-state index in [2.05, 4.69) is 25.7 Å². The van der Waals surface area contributed by atoms with Crippen LogP contribution in [-0.2, 0) is 4.74 Å². The Kier molecular flexibility index (Phi) is 3.21. The van der Waals surface area contributed by atoms with E-state index >= 15 is 0 Å². The second kappa shape index (κ2) is 4.20. The van der Waals surface area contributed by atoms with Crippen molar-refractivity contribution in [3.63, 3.8) is 0 Å². The third-order valence-electron chi connectivity index (χ3n) is 1.28. The number of nitrogens with zero attached hydrogens (tertiary/aromatic N) is 2. The van der Waals surface area contributed by atoms with Crippen LogP contribution < -0.4 is 5.06 Å². The van der Waals surface area contributed by atoms with E-state index in [1.54, 1.807) is 0 Å². The van der Waals surface area contributed by atoms with Gasteiger partial charge >= 0.3 is 6.09 Å². The topological polar surface area (TPSA) is 62.7 Å². The van der Waals surface area contributed by atoms with E-state index in [-0.39, 0.29) is 5.69 Å². The molecule has 0 atom stereocenters. The van der Waals surface area contributed by atoms with E-state index in [1.165, 1.54) is 25.6 Å². The van der Waals surface area contributed by atoms with Crippen molar-refractivity contribution in [1.29, 1.82) is 0 Å². The molecule has 0 saturated heterocycles. The van der Waals surface area contributed by atoms with Crippen LogP contribution in [0.1, 0.15) is 0 Å². The Balaban J connectivity index is 2.88. The molecule has 1 amide bonds. The van der Waals surface area contributed by atoms with Gasteiger partial charge in [-0.05, 0) is 22.0 Å². The SMILES string of the molecule is COC(=O)N(O)c1cncc(Br)c1. The quantitative estimate of drug-likeness (QED) is 0.607. The molecule has 0 saturated carbocycles. The van der Waals surface area contributed by atoms with Crippen LogP contribution in [0.2, 0.25) is 0 Å². The van der Waals surface area contributed by atoms with E-state index in [4.69, 9.17) is 0 Å². The molecule has 5 nitrogen and oxygen atoms in total. The molecule has 0 aliphatic rings. The molecule has 0 radical (unpaired) electrons. The summed E-state index contributed by atoms with van der Waals surface area (Å²) in [6.07, 6.45) is 2.01. The highest BCUT2D eigenvalue weighted by atomic mass is 79.9. The van der Waals surface area contributed by atoms with Crippen molar-refractivity contribution in [3.05, 3.63) is 22.9 Å². The highest BCUT2D eigenvalue weighted by Gasteiger charge is 2.13. The van der Waals surface area contributed by atoms with Gasteiger partial charge in [0.1, 0.15) is 0 Å². The first-order chi connectivity index (χ1) is 6.15. The summed E-state index contributed by atoms with van der Waals surface area (Å²) in [4.78, 5) is 14.6. The highest BCUT2D eigenvalue weighted by molar-refractivity contribution is 9.10. The number of anilines is 1. The zero-order valence-corrected chi connectivity index (χ0v) is 8.35. The third kappa shape index (κ3) is 2.40. The fourth-order valence-electron chi connectivity index (χ4n) is 0.708. The summed E-state index contributed by atoms with van der Waals surface area (Å²) in [5, 5.41) is 9.58. The number of hydrogen-bond donors (Lipinski definition) is 1. The Morgan fingerprint density at radius 2 is 2.38 bits per heavy atom. The first-order valence-electron chi connectivity index (χ1n) is 3.32. The van der Waals surface area contributed by atoms with Crippen molar-refractivity contribution < 1.29 is 14.7 Å². The van der Waals surface area contributed by atoms with Crippen molar-refractivity contribution in [1.82, 2.24) is 4.98 Å². The molecule has 0 fully saturated rings. The van der Waals surface area contributed by atoms with E-state index in [0.717, 1.165) is 0 Å². The normalized spacial score (nSPS) is 9.46. The number of carbonyl (C=O) groups excluding carboxylic acids is 1. The number of carbonyl (C=O) groups is 1. The number of hydrogen-bond acceptors (Lipinski definition) is 4. The lowest BCUT2D eigenvalue weighted by Crippen LogP contribution is -2.26. The predicted molar refractivity (Wildman–Crippen MR) is 48.6 cm³/mol. The smallest absolute Gasteiger partial charge is 0.438 e. The van der Waals surface area contributed by atoms with Gasteiger partial charge in [-0.25, -0.2) is 4.79 Å². The first kappa shape index (κ1) is 9.94. The van der Waals surface area contributed by atoms with Gasteiger partial charge in [-0.1, -0.05) is 0 Å². The molecule has 1 aromatic rings. The molecule has 13 heavy (non-hydrogen) atoms. The molecule has 0 spiro atoms. The Hall–Kier alpha value is -1.14. The summed E-state index contributed by atoms with van der Waals surface area (Å²) in [5.41, 5.74) is 0.237. The fourth-order valence-corrected chi connectivity index (χ4v) is 1.06. The fraction of sp³-hybridized carbons (Fsp3) is 0.143. The van der Waals surface area contributed by atoms with E-state index < -0.39 is 6.09 Å². The van der Waals surface area contributed by atoms with E-state index in [9.17, 15) is 10.0 Å². The van der Waals surface area contributed by atoms with Crippen molar-refractivity contribution in [3.8, 4) is 0 Å². The van der Waals surface area contributed by atoms with Crippen LogP contribution in [0, 0.1) is 0 Å². The molecule has 0 aromatic carbocycles. The zero-order valence-electron chi connectivity index (χ0n) is 6.77. The van der Waals surface area contributed by atoms with Crippen LogP contribution in [0.15, 0.2) is 22.9 Å². The number of rotatable bonds is 1. The van der Waals surface area contributed by atoms with Gasteiger partial charge in [0, 0.05) is 10.7 Å². The van der Waals surface area contributed by atoms with Crippen LogP contribution in [0.5, 0.6) is 0 Å². The molecular formula is C7H7BrN2O3. The Morgan fingerprint density at radius 1 is 1.69 bits per heavy atom. The van der Waals surface area contributed by atoms with Crippen molar-refractivity contribution >= 4 is 27.7 Å². The molecule has 0 unspecified atom stereocenters. The van der Waals surface area contributed by atoms with Gasteiger partial charge in [-0.2, -0.15) is 5.06 Å². The minimum atomic E-state index is -0.861. The van der Waals surface area contributed by atoms with Crippen LogP contribution in [0.4, 0.5) is 10.5 Å². The second-order valence-corrected chi connectivity index (χ2v) is 3.06. The summed E-state index contributed by atoms with van der Waals surface area (Å²) in [6.45, 7) is 0. The molecule has 1 rings (SSSR count). The monoisotopic (exact) mass is 246 g/mol. The standard InChI is InChI=1S/C7H7BrN2O3/c1-13-7(11)10(12)6-2-5(8)3-9-4-6/h2-4,12H,1H3. The molecule has 1 N–H and O–H groups in total. The molecule has 1 aromatic heterocycles. The lowest BCUT2D eigenvalue weighted by Gasteiger charge is -2.12. The molecule has 0 aliphatic carbocycles. The number of pyridine rings is 1. The van der Waals surface area contributed by atoms with Gasteiger partial charge in [0.25, 0.3) is 0 Å². The maximum atomic E-state index is 10.8. The molecule has 70 valence electrons. The van der Waals surface area contributed by atoms with Crippen molar-refractivity contribution in [2.75, 3.05) is 12.2 Å². The highest BCUT2D eigenvalue weighted by Crippen LogP contribution is 2.17. The second-order valence-electron chi connectivity index (χ2n) is 2.14. The van der Waals surface area contributed by atoms with Crippen molar-refractivity contribution in [2.45, 2.75) is 0 Å². The summed E-state index contributed by atoms with van der Waals surface area (Å²) in [5.74, 6) is 0. The lowest BCUT2D eigenvalue weighted by molar-refractivity contribution is 0.141. The number of amides is 1. The minimum absolute atomic E-state index is 0.237. The zero-order chi connectivity index (χ0) is 9.84. The summed E-state index contributed by atoms with van der Waals surface area (Å²) >= 11 is 3.15. The third-order valence-corrected chi connectivity index (χ3v) is 1.72. The number of halogens is 1. The Bertz CT molecular complexity index is 318. The van der Waals surface area contributed by atoms with Crippen molar-refractivity contribution in [2.24, 2.45) is 0 Å². The summed E-state index contributed by atoms with van der Waals surface area (Å²) in [6, 6.07) is 1.53. The van der Waals surface area contributed by atoms with Gasteiger partial charge < -0.3 is 4.74 Å². The molecule has 1 heterocycles. The lowest BCUT2D eigenvalue weighted by atomic mass is 10.4. The van der Waals surface area contributed by atoms with Crippen LogP contribution in [0.3, 0.4) is 0 Å². The molecule has 6 heteroatoms. The Labute approximate surface area is 83.0 Å². The first-order valence-corrected chi connectivity index (χ1v) is 4.12. The molecule has 0 aliphatic heterocycles. The van der Waals surface area contributed by atoms with Gasteiger partial charge in [0.15, 0.2) is 0 Å². The number of hydroxylamine groups is 1. The maximum absolute atomic E-state index is 10.8. The van der Waals surface area contributed by atoms with Crippen LogP contribution >= 0.6 is 15.9 Å². The van der Waals surface area contributed by atoms with Gasteiger partial charge in [0.05, 0.1) is 19.0 Å². The largest absolute Gasteiger partial charge is 0.451 e.